The predicted molar refractivity (Wildman–Crippen MR) is 160 cm³/mol. The molecular formula is C32H48N2O3Si. The SMILES string of the molecule is CCC(=O)CCCn1cc2c3c(cccc31)C1=C[C@@H](C(=O)C[C@@H](C)CO[Si](C)(C)C(C)(C)C)CN(C)[C@@H]1C2. The highest BCUT2D eigenvalue weighted by atomic mass is 28.4. The van der Waals surface area contributed by atoms with E-state index in [0.29, 0.717) is 43.5 Å². The summed E-state index contributed by atoms with van der Waals surface area (Å²) in [6, 6.07) is 6.87. The number of fused-ring (bicyclic) bond motifs is 2. The minimum atomic E-state index is -1.82. The zero-order chi connectivity index (χ0) is 27.8. The molecule has 0 saturated carbocycles. The lowest BCUT2D eigenvalue weighted by atomic mass is 9.78. The number of likely N-dealkylation sites (N-methyl/N-ethyl adjacent to an activating group) is 1. The number of carbonyl (C=O) groups is 2. The smallest absolute Gasteiger partial charge is 0.191 e. The van der Waals surface area contributed by atoms with E-state index in [0.717, 1.165) is 25.9 Å². The molecular weight excluding hydrogens is 488 g/mol. The van der Waals surface area contributed by atoms with E-state index in [4.69, 9.17) is 4.43 Å². The summed E-state index contributed by atoms with van der Waals surface area (Å²) in [6.45, 7) is 17.7. The summed E-state index contributed by atoms with van der Waals surface area (Å²) >= 11 is 0. The molecule has 4 rings (SSSR count). The molecule has 0 amide bonds. The normalized spacial score (nSPS) is 20.8. The monoisotopic (exact) mass is 536 g/mol. The van der Waals surface area contributed by atoms with E-state index in [9.17, 15) is 9.59 Å². The first-order chi connectivity index (χ1) is 17.8. The quantitative estimate of drug-likeness (QED) is 0.294. The van der Waals surface area contributed by atoms with Crippen molar-refractivity contribution >= 4 is 36.4 Å². The van der Waals surface area contributed by atoms with Gasteiger partial charge in [-0.15, -0.1) is 0 Å². The molecule has 0 bridgehead atoms. The Kier molecular flexibility index (Phi) is 8.56. The van der Waals surface area contributed by atoms with E-state index in [-0.39, 0.29) is 16.9 Å². The zero-order valence-corrected chi connectivity index (χ0v) is 25.9. The predicted octanol–water partition coefficient (Wildman–Crippen LogP) is 6.89. The number of carbonyl (C=O) groups excluding carboxylic acids is 2. The summed E-state index contributed by atoms with van der Waals surface area (Å²) < 4.78 is 8.75. The van der Waals surface area contributed by atoms with Crippen LogP contribution < -0.4 is 0 Å². The number of rotatable bonds is 11. The molecule has 0 saturated heterocycles. The van der Waals surface area contributed by atoms with Crippen molar-refractivity contribution < 1.29 is 14.0 Å². The van der Waals surface area contributed by atoms with Gasteiger partial charge in [-0.25, -0.2) is 0 Å². The molecule has 2 heterocycles. The maximum atomic E-state index is 13.5. The molecule has 5 nitrogen and oxygen atoms in total. The van der Waals surface area contributed by atoms with Crippen LogP contribution in [0.5, 0.6) is 0 Å². The van der Waals surface area contributed by atoms with Crippen molar-refractivity contribution in [1.29, 1.82) is 0 Å². The van der Waals surface area contributed by atoms with Crippen LogP contribution in [0.3, 0.4) is 0 Å². The molecule has 6 heteroatoms. The molecule has 0 unspecified atom stereocenters. The third-order valence-electron chi connectivity index (χ3n) is 9.21. The van der Waals surface area contributed by atoms with Crippen LogP contribution in [0.15, 0.2) is 30.5 Å². The second-order valence-electron chi connectivity index (χ2n) is 13.3. The molecule has 38 heavy (non-hydrogen) atoms. The summed E-state index contributed by atoms with van der Waals surface area (Å²) in [5, 5.41) is 1.50. The highest BCUT2D eigenvalue weighted by Crippen LogP contribution is 2.42. The minimum absolute atomic E-state index is 0.0829. The maximum Gasteiger partial charge on any atom is 0.191 e. The van der Waals surface area contributed by atoms with E-state index in [1.165, 1.54) is 27.6 Å². The van der Waals surface area contributed by atoms with Crippen molar-refractivity contribution in [3.63, 3.8) is 0 Å². The van der Waals surface area contributed by atoms with E-state index >= 15 is 0 Å². The lowest BCUT2D eigenvalue weighted by Crippen LogP contribution is -2.44. The van der Waals surface area contributed by atoms with Crippen molar-refractivity contribution in [1.82, 2.24) is 9.47 Å². The van der Waals surface area contributed by atoms with Crippen LogP contribution >= 0.6 is 0 Å². The molecule has 0 N–H and O–H groups in total. The van der Waals surface area contributed by atoms with Crippen molar-refractivity contribution in [2.24, 2.45) is 11.8 Å². The van der Waals surface area contributed by atoms with Gasteiger partial charge in [0.1, 0.15) is 11.6 Å². The van der Waals surface area contributed by atoms with Crippen LogP contribution in [0.1, 0.15) is 71.4 Å². The number of benzene rings is 1. The molecule has 0 radical (unpaired) electrons. The van der Waals surface area contributed by atoms with E-state index < -0.39 is 8.32 Å². The van der Waals surface area contributed by atoms with Crippen molar-refractivity contribution in [2.75, 3.05) is 20.2 Å². The number of aryl methyl sites for hydroxylation is 1. The molecule has 1 aliphatic heterocycles. The number of nitrogens with zero attached hydrogens (tertiary/aromatic N) is 2. The molecule has 2 aliphatic rings. The molecule has 1 aromatic heterocycles. The fourth-order valence-corrected chi connectivity index (χ4v) is 6.89. The third-order valence-corrected chi connectivity index (χ3v) is 13.7. The van der Waals surface area contributed by atoms with Gasteiger partial charge in [-0.05, 0) is 66.7 Å². The third kappa shape index (κ3) is 5.92. The van der Waals surface area contributed by atoms with E-state index in [1.807, 2.05) is 6.92 Å². The fourth-order valence-electron chi connectivity index (χ4n) is 5.76. The van der Waals surface area contributed by atoms with Crippen LogP contribution in [0.2, 0.25) is 18.1 Å². The van der Waals surface area contributed by atoms with Crippen LogP contribution in [0.25, 0.3) is 16.5 Å². The van der Waals surface area contributed by atoms with Gasteiger partial charge < -0.3 is 8.99 Å². The summed E-state index contributed by atoms with van der Waals surface area (Å²) in [7, 11) is 0.349. The number of hydrogen-bond acceptors (Lipinski definition) is 4. The topological polar surface area (TPSA) is 51.5 Å². The minimum Gasteiger partial charge on any atom is -0.417 e. The Bertz CT molecular complexity index is 1220. The molecule has 208 valence electrons. The van der Waals surface area contributed by atoms with Gasteiger partial charge in [0.05, 0.1) is 0 Å². The largest absolute Gasteiger partial charge is 0.417 e. The number of Topliss-reactive ketones (excluding diaryl/α,β-unsaturated/α-hetero) is 2. The molecule has 2 aromatic rings. The highest BCUT2D eigenvalue weighted by Gasteiger charge is 2.38. The van der Waals surface area contributed by atoms with E-state index in [1.54, 1.807) is 0 Å². The van der Waals surface area contributed by atoms with Crippen molar-refractivity contribution in [3.8, 4) is 0 Å². The van der Waals surface area contributed by atoms with Gasteiger partial charge in [-0.1, -0.05) is 52.8 Å². The molecule has 0 spiro atoms. The van der Waals surface area contributed by atoms with Crippen LogP contribution in [-0.2, 0) is 27.0 Å². The zero-order valence-electron chi connectivity index (χ0n) is 24.9. The van der Waals surface area contributed by atoms with Gasteiger partial charge in [0, 0.05) is 68.0 Å². The molecule has 1 aromatic carbocycles. The lowest BCUT2D eigenvalue weighted by molar-refractivity contribution is -0.123. The van der Waals surface area contributed by atoms with Gasteiger partial charge in [0.15, 0.2) is 8.32 Å². The molecule has 1 aliphatic carbocycles. The Morgan fingerprint density at radius 3 is 2.63 bits per heavy atom. The van der Waals surface area contributed by atoms with Gasteiger partial charge in [0.2, 0.25) is 0 Å². The van der Waals surface area contributed by atoms with Crippen molar-refractivity contribution in [2.45, 2.75) is 97.4 Å². The second-order valence-corrected chi connectivity index (χ2v) is 18.1. The Hall–Kier alpha value is -2.02. The summed E-state index contributed by atoms with van der Waals surface area (Å²) in [5.74, 6) is 0.792. The highest BCUT2D eigenvalue weighted by molar-refractivity contribution is 6.74. The Labute approximate surface area is 230 Å². The first-order valence-electron chi connectivity index (χ1n) is 14.5. The number of hydrogen-bond donors (Lipinski definition) is 0. The second kappa shape index (κ2) is 11.2. The molecule has 3 atom stereocenters. The van der Waals surface area contributed by atoms with Crippen LogP contribution in [-0.4, -0.2) is 55.6 Å². The molecule has 0 fully saturated rings. The summed E-state index contributed by atoms with van der Waals surface area (Å²) in [6.07, 6.45) is 8.25. The van der Waals surface area contributed by atoms with Crippen molar-refractivity contribution in [3.05, 3.63) is 41.6 Å². The first-order valence-corrected chi connectivity index (χ1v) is 17.4. The van der Waals surface area contributed by atoms with E-state index in [2.05, 4.69) is 87.8 Å². The average Bonchev–Trinajstić information content (AvgIpc) is 3.21. The number of aromatic nitrogens is 1. The average molecular weight is 537 g/mol. The first kappa shape index (κ1) is 29.0. The van der Waals surface area contributed by atoms with Gasteiger partial charge >= 0.3 is 0 Å². The lowest BCUT2D eigenvalue weighted by Gasteiger charge is -2.40. The van der Waals surface area contributed by atoms with Crippen LogP contribution in [0.4, 0.5) is 0 Å². The summed E-state index contributed by atoms with van der Waals surface area (Å²) in [4.78, 5) is 27.7. The van der Waals surface area contributed by atoms with Gasteiger partial charge in [0.25, 0.3) is 0 Å². The van der Waals surface area contributed by atoms with Gasteiger partial charge in [-0.2, -0.15) is 0 Å². The Morgan fingerprint density at radius 2 is 1.95 bits per heavy atom. The Balaban J connectivity index is 1.51. The summed E-state index contributed by atoms with van der Waals surface area (Å²) in [5.41, 5.74) is 5.20. The fraction of sp³-hybridized carbons (Fsp3) is 0.625. The maximum absolute atomic E-state index is 13.5. The number of ketones is 2. The van der Waals surface area contributed by atoms with Gasteiger partial charge in [-0.3, -0.25) is 14.5 Å². The standard InChI is InChI=1S/C32H48N2O3Si/c1-9-25(35)12-11-15-34-20-24-18-29-27(26-13-10-14-28(34)31(24)26)17-23(19-33(29)6)30(36)16-22(2)21-37-38(7,8)32(3,4)5/h10,13-14,17,20,22-23,29H,9,11-12,15-16,18-19,21H2,1-8H3/t22-,23-,29-/m1/s1. The van der Waals surface area contributed by atoms with Crippen LogP contribution in [0, 0.1) is 11.8 Å². The Morgan fingerprint density at radius 1 is 1.21 bits per heavy atom.